The van der Waals surface area contributed by atoms with Crippen molar-refractivity contribution in [2.24, 2.45) is 0 Å². The average molecular weight is 176 g/mol. The van der Waals surface area contributed by atoms with Gasteiger partial charge in [0.1, 0.15) is 5.69 Å². The minimum atomic E-state index is -2.61. The summed E-state index contributed by atoms with van der Waals surface area (Å²) in [5, 5.41) is 8.77. The van der Waals surface area contributed by atoms with Gasteiger partial charge in [-0.1, -0.05) is 0 Å². The van der Waals surface area contributed by atoms with Crippen LogP contribution in [0, 0.1) is 0 Å². The first kappa shape index (κ1) is 9.12. The fourth-order valence-corrected chi connectivity index (χ4v) is 1.05. The molecule has 0 spiro atoms. The zero-order valence-electron chi connectivity index (χ0n) is 6.67. The first-order valence-corrected chi connectivity index (χ1v) is 3.63. The van der Waals surface area contributed by atoms with Crippen LogP contribution < -0.4 is 0 Å². The number of halogens is 2. The second-order valence-electron chi connectivity index (χ2n) is 2.32. The van der Waals surface area contributed by atoms with E-state index in [0.717, 1.165) is 0 Å². The van der Waals surface area contributed by atoms with Crippen LogP contribution in [-0.2, 0) is 13.2 Å². The van der Waals surface area contributed by atoms with E-state index in [1.807, 2.05) is 0 Å². The van der Waals surface area contributed by atoms with Crippen molar-refractivity contribution in [2.45, 2.75) is 26.5 Å². The maximum atomic E-state index is 12.2. The third kappa shape index (κ3) is 1.45. The van der Waals surface area contributed by atoms with Gasteiger partial charge in [0, 0.05) is 6.54 Å². The van der Waals surface area contributed by atoms with Gasteiger partial charge in [0.2, 0.25) is 0 Å². The molecule has 3 nitrogen and oxygen atoms in total. The van der Waals surface area contributed by atoms with Crippen molar-refractivity contribution < 1.29 is 13.9 Å². The third-order valence-electron chi connectivity index (χ3n) is 1.68. The van der Waals surface area contributed by atoms with Gasteiger partial charge < -0.3 is 9.67 Å². The molecule has 1 rings (SSSR count). The summed E-state index contributed by atoms with van der Waals surface area (Å²) in [4.78, 5) is 3.51. The number of aliphatic hydroxyl groups is 1. The molecule has 0 saturated heterocycles. The highest BCUT2D eigenvalue weighted by Crippen LogP contribution is 2.20. The van der Waals surface area contributed by atoms with Crippen LogP contribution in [0.2, 0.25) is 0 Å². The minimum absolute atomic E-state index is 0.201. The molecule has 0 amide bonds. The predicted octanol–water partition coefficient (Wildman–Crippen LogP) is 1.33. The van der Waals surface area contributed by atoms with Crippen molar-refractivity contribution in [3.63, 3.8) is 0 Å². The van der Waals surface area contributed by atoms with Crippen LogP contribution in [0.5, 0.6) is 0 Å². The van der Waals surface area contributed by atoms with Crippen molar-refractivity contribution >= 4 is 0 Å². The number of aromatic nitrogens is 2. The Labute approximate surface area is 68.7 Å². The van der Waals surface area contributed by atoms with Crippen LogP contribution in [0.3, 0.4) is 0 Å². The van der Waals surface area contributed by atoms with Gasteiger partial charge in [-0.05, 0) is 6.92 Å². The number of rotatable bonds is 3. The Morgan fingerprint density at radius 3 is 2.75 bits per heavy atom. The molecule has 0 radical (unpaired) electrons. The maximum Gasteiger partial charge on any atom is 0.282 e. The van der Waals surface area contributed by atoms with E-state index in [9.17, 15) is 8.78 Å². The van der Waals surface area contributed by atoms with Crippen molar-refractivity contribution in [3.05, 3.63) is 17.7 Å². The molecule has 1 heterocycles. The molecule has 0 saturated carbocycles. The lowest BCUT2D eigenvalue weighted by Gasteiger charge is -2.03. The van der Waals surface area contributed by atoms with E-state index >= 15 is 0 Å². The van der Waals surface area contributed by atoms with Crippen LogP contribution >= 0.6 is 0 Å². The molecule has 0 fully saturated rings. The number of imidazole rings is 1. The summed E-state index contributed by atoms with van der Waals surface area (Å²) in [7, 11) is 0. The Kier molecular flexibility index (Phi) is 2.75. The number of aliphatic hydroxyl groups excluding tert-OH is 1. The highest BCUT2D eigenvalue weighted by Gasteiger charge is 2.17. The first-order valence-electron chi connectivity index (χ1n) is 3.63. The monoisotopic (exact) mass is 176 g/mol. The zero-order chi connectivity index (χ0) is 9.14. The predicted molar refractivity (Wildman–Crippen MR) is 38.8 cm³/mol. The maximum absolute atomic E-state index is 12.2. The van der Waals surface area contributed by atoms with Crippen LogP contribution in [-0.4, -0.2) is 14.7 Å². The summed E-state index contributed by atoms with van der Waals surface area (Å²) in [6, 6.07) is 0. The minimum Gasteiger partial charge on any atom is -0.390 e. The van der Waals surface area contributed by atoms with Crippen LogP contribution in [0.1, 0.15) is 24.7 Å². The molecule has 1 aromatic rings. The topological polar surface area (TPSA) is 38.0 Å². The van der Waals surface area contributed by atoms with Gasteiger partial charge in [0.05, 0.1) is 18.6 Å². The first-order chi connectivity index (χ1) is 5.70. The summed E-state index contributed by atoms with van der Waals surface area (Å²) < 4.78 is 25.9. The molecule has 12 heavy (non-hydrogen) atoms. The van der Waals surface area contributed by atoms with Crippen LogP contribution in [0.25, 0.3) is 0 Å². The second kappa shape index (κ2) is 3.62. The van der Waals surface area contributed by atoms with Gasteiger partial charge in [0.15, 0.2) is 0 Å². The fourth-order valence-electron chi connectivity index (χ4n) is 1.05. The van der Waals surface area contributed by atoms with E-state index in [-0.39, 0.29) is 11.4 Å². The molecule has 0 unspecified atom stereocenters. The molecule has 0 aliphatic rings. The molecule has 0 aliphatic heterocycles. The fraction of sp³-hybridized carbons (Fsp3) is 0.571. The lowest BCUT2D eigenvalue weighted by atomic mass is 10.3. The van der Waals surface area contributed by atoms with Gasteiger partial charge in [-0.25, -0.2) is 13.8 Å². The number of aryl methyl sites for hydroxylation is 1. The SMILES string of the molecule is CCn1cnc(C(F)F)c1CO. The van der Waals surface area contributed by atoms with Crippen molar-refractivity contribution in [2.75, 3.05) is 0 Å². The van der Waals surface area contributed by atoms with Gasteiger partial charge in [-0.3, -0.25) is 0 Å². The molecular weight excluding hydrogens is 166 g/mol. The molecule has 5 heteroatoms. The Hall–Kier alpha value is -0.970. The molecule has 1 aromatic heterocycles. The molecule has 68 valence electrons. The summed E-state index contributed by atoms with van der Waals surface area (Å²) in [6.07, 6.45) is -1.30. The smallest absolute Gasteiger partial charge is 0.282 e. The van der Waals surface area contributed by atoms with E-state index in [1.54, 1.807) is 6.92 Å². The van der Waals surface area contributed by atoms with Crippen molar-refractivity contribution in [3.8, 4) is 0 Å². The van der Waals surface area contributed by atoms with E-state index in [1.165, 1.54) is 10.9 Å². The number of alkyl halides is 2. The van der Waals surface area contributed by atoms with Gasteiger partial charge in [0.25, 0.3) is 6.43 Å². The summed E-state index contributed by atoms with van der Waals surface area (Å²) in [6.45, 7) is 1.94. The summed E-state index contributed by atoms with van der Waals surface area (Å²) in [5.74, 6) is 0. The lowest BCUT2D eigenvalue weighted by Crippen LogP contribution is -2.01. The Morgan fingerprint density at radius 2 is 2.33 bits per heavy atom. The van der Waals surface area contributed by atoms with Gasteiger partial charge >= 0.3 is 0 Å². The van der Waals surface area contributed by atoms with Crippen LogP contribution in [0.4, 0.5) is 8.78 Å². The molecule has 0 aliphatic carbocycles. The summed E-state index contributed by atoms with van der Waals surface area (Å²) >= 11 is 0. The molecule has 0 bridgehead atoms. The lowest BCUT2D eigenvalue weighted by molar-refractivity contribution is 0.141. The van der Waals surface area contributed by atoms with Gasteiger partial charge in [-0.2, -0.15) is 0 Å². The highest BCUT2D eigenvalue weighted by atomic mass is 19.3. The average Bonchev–Trinajstić information content (AvgIpc) is 2.46. The quantitative estimate of drug-likeness (QED) is 0.754. The molecule has 1 N–H and O–H groups in total. The van der Waals surface area contributed by atoms with Crippen molar-refractivity contribution in [1.29, 1.82) is 0 Å². The molecule has 0 aromatic carbocycles. The Morgan fingerprint density at radius 1 is 1.67 bits per heavy atom. The van der Waals surface area contributed by atoms with Crippen LogP contribution in [0.15, 0.2) is 6.33 Å². The highest BCUT2D eigenvalue weighted by molar-refractivity contribution is 5.13. The standard InChI is InChI=1S/C7H10F2N2O/c1-2-11-4-10-6(7(8)9)5(11)3-12/h4,7,12H,2-3H2,1H3. The van der Waals surface area contributed by atoms with Crippen molar-refractivity contribution in [1.82, 2.24) is 9.55 Å². The summed E-state index contributed by atoms with van der Waals surface area (Å²) in [5.41, 5.74) is -0.119. The number of hydrogen-bond acceptors (Lipinski definition) is 2. The Balaban J connectivity index is 3.05. The van der Waals surface area contributed by atoms with E-state index in [2.05, 4.69) is 4.98 Å². The van der Waals surface area contributed by atoms with E-state index in [0.29, 0.717) is 6.54 Å². The van der Waals surface area contributed by atoms with E-state index < -0.39 is 13.0 Å². The van der Waals surface area contributed by atoms with E-state index in [4.69, 9.17) is 5.11 Å². The number of nitrogens with zero attached hydrogens (tertiary/aromatic N) is 2. The Bertz CT molecular complexity index is 260. The zero-order valence-corrected chi connectivity index (χ0v) is 6.67. The van der Waals surface area contributed by atoms with Gasteiger partial charge in [-0.15, -0.1) is 0 Å². The second-order valence-corrected chi connectivity index (χ2v) is 2.32. The normalized spacial score (nSPS) is 11.1. The number of hydrogen-bond donors (Lipinski definition) is 1. The largest absolute Gasteiger partial charge is 0.390 e. The molecule has 0 atom stereocenters. The molecular formula is C7H10F2N2O. The third-order valence-corrected chi connectivity index (χ3v) is 1.68.